The molecule has 0 aromatic heterocycles. The lowest BCUT2D eigenvalue weighted by Gasteiger charge is -2.04. The molecule has 2 rings (SSSR count). The molecule has 0 atom stereocenters. The predicted molar refractivity (Wildman–Crippen MR) is 81.3 cm³/mol. The van der Waals surface area contributed by atoms with E-state index in [1.165, 1.54) is 12.1 Å². The van der Waals surface area contributed by atoms with E-state index in [1.54, 1.807) is 0 Å². The van der Waals surface area contributed by atoms with Crippen molar-refractivity contribution in [1.82, 2.24) is 5.43 Å². The molecule has 2 aromatic rings. The van der Waals surface area contributed by atoms with Crippen LogP contribution in [0.15, 0.2) is 35.4 Å². The van der Waals surface area contributed by atoms with Gasteiger partial charge in [-0.1, -0.05) is 6.07 Å². The number of nitro benzene ring substituents is 1. The Bertz CT molecular complexity index is 825. The summed E-state index contributed by atoms with van der Waals surface area (Å²) in [6, 6.07) is 5.59. The predicted octanol–water partition coefficient (Wildman–Crippen LogP) is 1.18. The molecule has 0 spiro atoms. The number of phenols is 4. The summed E-state index contributed by atoms with van der Waals surface area (Å²) < 4.78 is 0. The summed E-state index contributed by atoms with van der Waals surface area (Å²) in [5.74, 6) is -3.60. The van der Waals surface area contributed by atoms with E-state index in [0.29, 0.717) is 0 Å². The number of benzene rings is 2. The van der Waals surface area contributed by atoms with Crippen molar-refractivity contribution in [2.24, 2.45) is 5.10 Å². The summed E-state index contributed by atoms with van der Waals surface area (Å²) in [5.41, 5.74) is 1.34. The van der Waals surface area contributed by atoms with Crippen molar-refractivity contribution < 1.29 is 30.1 Å². The lowest BCUT2D eigenvalue weighted by molar-refractivity contribution is -0.385. The number of nitro groups is 1. The van der Waals surface area contributed by atoms with Crippen molar-refractivity contribution in [3.05, 3.63) is 51.6 Å². The van der Waals surface area contributed by atoms with Gasteiger partial charge in [-0.05, 0) is 18.2 Å². The van der Waals surface area contributed by atoms with E-state index in [9.17, 15) is 35.3 Å². The van der Waals surface area contributed by atoms with Crippen molar-refractivity contribution in [3.63, 3.8) is 0 Å². The van der Waals surface area contributed by atoms with Crippen molar-refractivity contribution in [2.75, 3.05) is 0 Å². The number of aromatic hydroxyl groups is 4. The molecular formula is C14H11N3O7. The zero-order chi connectivity index (χ0) is 17.9. The average Bonchev–Trinajstić information content (AvgIpc) is 2.53. The molecule has 0 saturated carbocycles. The monoisotopic (exact) mass is 333 g/mol. The van der Waals surface area contributed by atoms with Crippen LogP contribution in [0.4, 0.5) is 5.69 Å². The summed E-state index contributed by atoms with van der Waals surface area (Å²) in [4.78, 5) is 21.7. The van der Waals surface area contributed by atoms with Gasteiger partial charge in [-0.2, -0.15) is 5.10 Å². The molecule has 0 fully saturated rings. The number of amides is 1. The standard InChI is InChI=1S/C14H11N3O7/c18-10-4-8(5-11(19)13(10)21)14(22)16-15-6-7-2-1-3-9(12(7)20)17(23)24/h1-6,18-21H,(H,16,22). The van der Waals surface area contributed by atoms with Crippen molar-refractivity contribution in [3.8, 4) is 23.0 Å². The number of hydrazone groups is 1. The molecule has 0 unspecified atom stereocenters. The SMILES string of the molecule is O=C(NN=Cc1cccc([N+](=O)[O-])c1O)c1cc(O)c(O)c(O)c1. The smallest absolute Gasteiger partial charge is 0.311 e. The summed E-state index contributed by atoms with van der Waals surface area (Å²) in [5, 5.41) is 51.8. The number of rotatable bonds is 4. The normalized spacial score (nSPS) is 10.7. The van der Waals surface area contributed by atoms with E-state index in [0.717, 1.165) is 24.4 Å². The van der Waals surface area contributed by atoms with Gasteiger partial charge < -0.3 is 20.4 Å². The van der Waals surface area contributed by atoms with Gasteiger partial charge in [0.1, 0.15) is 0 Å². The Morgan fingerprint density at radius 1 is 1.12 bits per heavy atom. The molecule has 0 bridgehead atoms. The first kappa shape index (κ1) is 16.5. The molecule has 0 aliphatic rings. The molecule has 2 aromatic carbocycles. The molecule has 0 radical (unpaired) electrons. The van der Waals surface area contributed by atoms with Gasteiger partial charge in [0.25, 0.3) is 5.91 Å². The second-order valence-electron chi connectivity index (χ2n) is 4.53. The molecule has 0 heterocycles. The Morgan fingerprint density at radius 2 is 1.75 bits per heavy atom. The van der Waals surface area contributed by atoms with Crippen LogP contribution in [0.3, 0.4) is 0 Å². The lowest BCUT2D eigenvalue weighted by atomic mass is 10.2. The first-order chi connectivity index (χ1) is 11.3. The number of para-hydroxylation sites is 1. The maximum atomic E-state index is 11.8. The van der Waals surface area contributed by atoms with Crippen molar-refractivity contribution in [1.29, 1.82) is 0 Å². The van der Waals surface area contributed by atoms with E-state index >= 15 is 0 Å². The largest absolute Gasteiger partial charge is 0.504 e. The summed E-state index contributed by atoms with van der Waals surface area (Å²) in [6.07, 6.45) is 0.986. The zero-order valence-corrected chi connectivity index (χ0v) is 11.9. The van der Waals surface area contributed by atoms with E-state index in [4.69, 9.17) is 0 Å². The number of carbonyl (C=O) groups is 1. The Balaban J connectivity index is 2.16. The average molecular weight is 333 g/mol. The molecule has 24 heavy (non-hydrogen) atoms. The van der Waals surface area contributed by atoms with Crippen LogP contribution < -0.4 is 5.43 Å². The number of phenolic OH excluding ortho intramolecular Hbond substituents is 4. The van der Waals surface area contributed by atoms with E-state index in [-0.39, 0.29) is 11.1 Å². The second-order valence-corrected chi connectivity index (χ2v) is 4.53. The van der Waals surface area contributed by atoms with Gasteiger partial charge >= 0.3 is 5.69 Å². The van der Waals surface area contributed by atoms with E-state index in [1.807, 2.05) is 5.43 Å². The van der Waals surface area contributed by atoms with Crippen LogP contribution in [-0.4, -0.2) is 37.5 Å². The van der Waals surface area contributed by atoms with Crippen LogP contribution in [0.5, 0.6) is 23.0 Å². The maximum absolute atomic E-state index is 11.8. The Morgan fingerprint density at radius 3 is 2.33 bits per heavy atom. The summed E-state index contributed by atoms with van der Waals surface area (Å²) in [6.45, 7) is 0. The molecule has 1 amide bonds. The fourth-order valence-corrected chi connectivity index (χ4v) is 1.76. The minimum atomic E-state index is -0.832. The number of hydrogen-bond acceptors (Lipinski definition) is 8. The third kappa shape index (κ3) is 3.32. The number of nitrogens with one attached hydrogen (secondary N) is 1. The highest BCUT2D eigenvalue weighted by molar-refractivity contribution is 5.96. The molecule has 0 aliphatic heterocycles. The summed E-state index contributed by atoms with van der Waals surface area (Å²) in [7, 11) is 0. The lowest BCUT2D eigenvalue weighted by Crippen LogP contribution is -2.17. The quantitative estimate of drug-likeness (QED) is 0.242. The highest BCUT2D eigenvalue weighted by Crippen LogP contribution is 2.35. The number of carbonyl (C=O) groups excluding carboxylic acids is 1. The van der Waals surface area contributed by atoms with Gasteiger partial charge in [-0.3, -0.25) is 14.9 Å². The molecular weight excluding hydrogens is 322 g/mol. The zero-order valence-electron chi connectivity index (χ0n) is 11.9. The van der Waals surface area contributed by atoms with Gasteiger partial charge in [-0.25, -0.2) is 5.43 Å². The van der Waals surface area contributed by atoms with Crippen LogP contribution in [0.2, 0.25) is 0 Å². The van der Waals surface area contributed by atoms with Gasteiger partial charge in [0.15, 0.2) is 17.2 Å². The van der Waals surface area contributed by atoms with Gasteiger partial charge in [-0.15, -0.1) is 0 Å². The highest BCUT2D eigenvalue weighted by Gasteiger charge is 2.16. The number of nitrogens with zero attached hydrogens (tertiary/aromatic N) is 2. The summed E-state index contributed by atoms with van der Waals surface area (Å²) >= 11 is 0. The van der Waals surface area contributed by atoms with Crippen molar-refractivity contribution in [2.45, 2.75) is 0 Å². The molecule has 0 aliphatic carbocycles. The Labute approximate surface area is 134 Å². The molecule has 124 valence electrons. The minimum absolute atomic E-state index is 0.000834. The molecule has 0 saturated heterocycles. The third-order valence-corrected chi connectivity index (χ3v) is 2.94. The third-order valence-electron chi connectivity index (χ3n) is 2.94. The van der Waals surface area contributed by atoms with Crippen molar-refractivity contribution >= 4 is 17.8 Å². The molecule has 10 nitrogen and oxygen atoms in total. The molecule has 10 heteroatoms. The fraction of sp³-hybridized carbons (Fsp3) is 0. The van der Waals surface area contributed by atoms with Gasteiger partial charge in [0, 0.05) is 17.2 Å². The van der Waals surface area contributed by atoms with Crippen LogP contribution in [0.25, 0.3) is 0 Å². The number of hydrogen-bond donors (Lipinski definition) is 5. The fourth-order valence-electron chi connectivity index (χ4n) is 1.76. The topological polar surface area (TPSA) is 166 Å². The maximum Gasteiger partial charge on any atom is 0.311 e. The Hall–Kier alpha value is -3.82. The first-order valence-electron chi connectivity index (χ1n) is 6.36. The van der Waals surface area contributed by atoms with E-state index < -0.39 is 39.5 Å². The van der Waals surface area contributed by atoms with Gasteiger partial charge in [0.05, 0.1) is 11.1 Å². The second kappa shape index (κ2) is 6.52. The van der Waals surface area contributed by atoms with Crippen LogP contribution in [-0.2, 0) is 0 Å². The van der Waals surface area contributed by atoms with E-state index in [2.05, 4.69) is 5.10 Å². The minimum Gasteiger partial charge on any atom is -0.504 e. The molecule has 5 N–H and O–H groups in total. The first-order valence-corrected chi connectivity index (χ1v) is 6.36. The van der Waals surface area contributed by atoms with Crippen LogP contribution in [0, 0.1) is 10.1 Å². The van der Waals surface area contributed by atoms with Gasteiger partial charge in [0.2, 0.25) is 5.75 Å². The van der Waals surface area contributed by atoms with Crippen LogP contribution in [0.1, 0.15) is 15.9 Å². The highest BCUT2D eigenvalue weighted by atomic mass is 16.6. The van der Waals surface area contributed by atoms with Crippen LogP contribution >= 0.6 is 0 Å². The Kier molecular flexibility index (Phi) is 4.50.